The number of alkyl carbamates (subject to hydrolysis) is 1. The average molecular weight is 354 g/mol. The van der Waals surface area contributed by atoms with Crippen molar-refractivity contribution in [3.63, 3.8) is 0 Å². The number of carbonyl (C=O) groups excluding carboxylic acids is 1. The lowest BCUT2D eigenvalue weighted by molar-refractivity contribution is 0.0508. The molecular formula is C18H30N2O5. The van der Waals surface area contributed by atoms with Crippen molar-refractivity contribution in [2.45, 2.75) is 45.9 Å². The number of rotatable bonds is 8. The maximum atomic E-state index is 11.7. The second-order valence-corrected chi connectivity index (χ2v) is 6.71. The minimum absolute atomic E-state index is 0.0723. The summed E-state index contributed by atoms with van der Waals surface area (Å²) in [5.74, 6) is 1.78. The van der Waals surface area contributed by atoms with Crippen LogP contribution in [0.4, 0.5) is 4.79 Å². The van der Waals surface area contributed by atoms with Crippen molar-refractivity contribution < 1.29 is 23.7 Å². The van der Waals surface area contributed by atoms with Gasteiger partial charge in [-0.2, -0.15) is 0 Å². The zero-order valence-corrected chi connectivity index (χ0v) is 16.2. The zero-order valence-electron chi connectivity index (χ0n) is 16.2. The summed E-state index contributed by atoms with van der Waals surface area (Å²) in [6.45, 7) is 8.60. The maximum Gasteiger partial charge on any atom is 0.407 e. The summed E-state index contributed by atoms with van der Waals surface area (Å²) in [5.41, 5.74) is 0.479. The highest BCUT2D eigenvalue weighted by Gasteiger charge is 2.17. The second kappa shape index (κ2) is 9.36. The van der Waals surface area contributed by atoms with Crippen LogP contribution < -0.4 is 24.8 Å². The highest BCUT2D eigenvalue weighted by molar-refractivity contribution is 5.68. The van der Waals surface area contributed by atoms with E-state index in [9.17, 15) is 4.79 Å². The van der Waals surface area contributed by atoms with Crippen LogP contribution in [0, 0.1) is 0 Å². The van der Waals surface area contributed by atoms with Crippen molar-refractivity contribution in [3.05, 3.63) is 17.7 Å². The smallest absolute Gasteiger partial charge is 0.407 e. The summed E-state index contributed by atoms with van der Waals surface area (Å²) in [4.78, 5) is 11.7. The van der Waals surface area contributed by atoms with E-state index in [4.69, 9.17) is 18.9 Å². The fourth-order valence-corrected chi connectivity index (χ4v) is 2.23. The first-order valence-corrected chi connectivity index (χ1v) is 8.19. The van der Waals surface area contributed by atoms with Gasteiger partial charge in [-0.05, 0) is 45.4 Å². The molecule has 7 heteroatoms. The molecule has 0 bridgehead atoms. The Morgan fingerprint density at radius 3 is 2.08 bits per heavy atom. The van der Waals surface area contributed by atoms with Crippen LogP contribution in [-0.2, 0) is 11.3 Å². The van der Waals surface area contributed by atoms with Gasteiger partial charge < -0.3 is 29.6 Å². The van der Waals surface area contributed by atoms with Crippen molar-refractivity contribution in [2.24, 2.45) is 0 Å². The molecule has 0 aliphatic rings. The van der Waals surface area contributed by atoms with Crippen LogP contribution in [0.1, 0.15) is 33.3 Å². The largest absolute Gasteiger partial charge is 0.493 e. The molecule has 0 heterocycles. The topological polar surface area (TPSA) is 78.1 Å². The van der Waals surface area contributed by atoms with Gasteiger partial charge in [0.05, 0.1) is 21.3 Å². The fraction of sp³-hybridized carbons (Fsp3) is 0.611. The van der Waals surface area contributed by atoms with Gasteiger partial charge in [0.2, 0.25) is 5.75 Å². The number of hydrogen-bond acceptors (Lipinski definition) is 6. The van der Waals surface area contributed by atoms with Gasteiger partial charge >= 0.3 is 6.09 Å². The average Bonchev–Trinajstić information content (AvgIpc) is 2.51. The van der Waals surface area contributed by atoms with Crippen molar-refractivity contribution >= 4 is 6.09 Å². The molecule has 7 nitrogen and oxygen atoms in total. The van der Waals surface area contributed by atoms with E-state index in [1.807, 2.05) is 39.8 Å². The van der Waals surface area contributed by atoms with Gasteiger partial charge in [-0.3, -0.25) is 0 Å². The summed E-state index contributed by atoms with van der Waals surface area (Å²) in [6.07, 6.45) is -0.422. The molecule has 1 amide bonds. The van der Waals surface area contributed by atoms with Gasteiger partial charge in [0.15, 0.2) is 11.5 Å². The molecule has 1 unspecified atom stereocenters. The van der Waals surface area contributed by atoms with E-state index in [0.717, 1.165) is 5.56 Å². The number of ether oxygens (including phenoxy) is 4. The first kappa shape index (κ1) is 20.9. The third-order valence-electron chi connectivity index (χ3n) is 3.27. The van der Waals surface area contributed by atoms with Gasteiger partial charge in [0.25, 0.3) is 0 Å². The second-order valence-electron chi connectivity index (χ2n) is 6.71. The Hall–Kier alpha value is -2.15. The van der Waals surface area contributed by atoms with Crippen LogP contribution in [0.2, 0.25) is 0 Å². The summed E-state index contributed by atoms with van der Waals surface area (Å²) in [5, 5.41) is 6.08. The molecule has 0 saturated carbocycles. The molecule has 0 fully saturated rings. The van der Waals surface area contributed by atoms with E-state index >= 15 is 0 Å². The Balaban J connectivity index is 2.57. The molecule has 25 heavy (non-hydrogen) atoms. The van der Waals surface area contributed by atoms with E-state index in [2.05, 4.69) is 10.6 Å². The molecule has 1 rings (SSSR count). The van der Waals surface area contributed by atoms with Crippen LogP contribution in [0.15, 0.2) is 12.1 Å². The molecule has 142 valence electrons. The Labute approximate surface area is 150 Å². The predicted octanol–water partition coefficient (Wildman–Crippen LogP) is 2.72. The lowest BCUT2D eigenvalue weighted by atomic mass is 10.1. The molecule has 0 aliphatic carbocycles. The monoisotopic (exact) mass is 354 g/mol. The van der Waals surface area contributed by atoms with Gasteiger partial charge in [-0.25, -0.2) is 4.79 Å². The summed E-state index contributed by atoms with van der Waals surface area (Å²) < 4.78 is 21.2. The Morgan fingerprint density at radius 2 is 1.64 bits per heavy atom. The summed E-state index contributed by atoms with van der Waals surface area (Å²) in [7, 11) is 4.74. The van der Waals surface area contributed by atoms with Crippen LogP contribution in [-0.4, -0.2) is 45.6 Å². The van der Waals surface area contributed by atoms with Gasteiger partial charge in [-0.15, -0.1) is 0 Å². The molecule has 1 aromatic rings. The summed E-state index contributed by atoms with van der Waals surface area (Å²) in [6, 6.07) is 3.71. The lowest BCUT2D eigenvalue weighted by Gasteiger charge is -2.22. The number of nitrogens with one attached hydrogen (secondary N) is 2. The van der Waals surface area contributed by atoms with Crippen LogP contribution in [0.3, 0.4) is 0 Å². The Bertz CT molecular complexity index is 544. The Morgan fingerprint density at radius 1 is 1.08 bits per heavy atom. The molecule has 1 aromatic carbocycles. The quantitative estimate of drug-likeness (QED) is 0.747. The highest BCUT2D eigenvalue weighted by atomic mass is 16.6. The third-order valence-corrected chi connectivity index (χ3v) is 3.27. The predicted molar refractivity (Wildman–Crippen MR) is 96.6 cm³/mol. The van der Waals surface area contributed by atoms with E-state index in [-0.39, 0.29) is 6.04 Å². The number of amides is 1. The standard InChI is InChI=1S/C18H30N2O5/c1-12(20-17(21)25-18(2,3)4)10-19-11-13-8-14(22-5)16(24-7)15(9-13)23-6/h8-9,12,19H,10-11H2,1-7H3,(H,20,21). The fourth-order valence-electron chi connectivity index (χ4n) is 2.23. The molecule has 0 spiro atoms. The van der Waals surface area contributed by atoms with Gasteiger partial charge in [-0.1, -0.05) is 0 Å². The van der Waals surface area contributed by atoms with E-state index in [0.29, 0.717) is 30.3 Å². The molecule has 0 radical (unpaired) electrons. The molecule has 0 saturated heterocycles. The first-order chi connectivity index (χ1) is 11.7. The van der Waals surface area contributed by atoms with E-state index < -0.39 is 11.7 Å². The van der Waals surface area contributed by atoms with Gasteiger partial charge in [0, 0.05) is 19.1 Å². The lowest BCUT2D eigenvalue weighted by Crippen LogP contribution is -2.42. The molecule has 2 N–H and O–H groups in total. The third kappa shape index (κ3) is 7.09. The summed E-state index contributed by atoms with van der Waals surface area (Å²) >= 11 is 0. The SMILES string of the molecule is COc1cc(CNCC(C)NC(=O)OC(C)(C)C)cc(OC)c1OC. The highest BCUT2D eigenvalue weighted by Crippen LogP contribution is 2.38. The number of carbonyl (C=O) groups is 1. The number of methoxy groups -OCH3 is 3. The van der Waals surface area contributed by atoms with Crippen LogP contribution in [0.25, 0.3) is 0 Å². The molecule has 0 aromatic heterocycles. The Kier molecular flexibility index (Phi) is 7.83. The van der Waals surface area contributed by atoms with Crippen molar-refractivity contribution in [1.82, 2.24) is 10.6 Å². The van der Waals surface area contributed by atoms with E-state index in [1.165, 1.54) is 0 Å². The van der Waals surface area contributed by atoms with Crippen LogP contribution >= 0.6 is 0 Å². The minimum atomic E-state index is -0.507. The van der Waals surface area contributed by atoms with Crippen molar-refractivity contribution in [1.29, 1.82) is 0 Å². The molecule has 0 aliphatic heterocycles. The zero-order chi connectivity index (χ0) is 19.0. The van der Waals surface area contributed by atoms with E-state index in [1.54, 1.807) is 21.3 Å². The minimum Gasteiger partial charge on any atom is -0.493 e. The van der Waals surface area contributed by atoms with Crippen molar-refractivity contribution in [2.75, 3.05) is 27.9 Å². The van der Waals surface area contributed by atoms with Gasteiger partial charge in [0.1, 0.15) is 5.60 Å². The first-order valence-electron chi connectivity index (χ1n) is 8.19. The van der Waals surface area contributed by atoms with Crippen molar-refractivity contribution in [3.8, 4) is 17.2 Å². The number of hydrogen-bond donors (Lipinski definition) is 2. The molecular weight excluding hydrogens is 324 g/mol. The normalized spacial score (nSPS) is 12.3. The molecule has 1 atom stereocenters. The van der Waals surface area contributed by atoms with Crippen LogP contribution in [0.5, 0.6) is 17.2 Å². The maximum absolute atomic E-state index is 11.7. The number of benzene rings is 1.